The smallest absolute Gasteiger partial charge is 0.248 e. The molecule has 0 atom stereocenters. The number of nitrogens with two attached hydrogens (primary N) is 1. The summed E-state index contributed by atoms with van der Waals surface area (Å²) in [7, 11) is -3.79. The van der Waals surface area contributed by atoms with Gasteiger partial charge in [-0.1, -0.05) is 6.07 Å². The highest BCUT2D eigenvalue weighted by Crippen LogP contribution is 2.21. The van der Waals surface area contributed by atoms with Crippen LogP contribution in [0.15, 0.2) is 58.3 Å². The zero-order chi connectivity index (χ0) is 14.0. The number of hydrogen-bond acceptors (Lipinski definition) is 3. The molecule has 0 aromatic heterocycles. The van der Waals surface area contributed by atoms with Crippen molar-refractivity contribution in [2.24, 2.45) is 5.73 Å². The van der Waals surface area contributed by atoms with Gasteiger partial charge in [-0.25, -0.2) is 12.8 Å². The van der Waals surface area contributed by atoms with Gasteiger partial charge in [-0.2, -0.15) is 0 Å². The van der Waals surface area contributed by atoms with Crippen LogP contribution in [0, 0.1) is 5.82 Å². The third kappa shape index (κ3) is 2.63. The van der Waals surface area contributed by atoms with Crippen LogP contribution >= 0.6 is 0 Å². The minimum absolute atomic E-state index is 0.0458. The first-order chi connectivity index (χ1) is 8.91. The molecule has 2 aromatic rings. The van der Waals surface area contributed by atoms with Gasteiger partial charge in [0.25, 0.3) is 0 Å². The summed E-state index contributed by atoms with van der Waals surface area (Å²) in [5.74, 6) is -1.24. The average molecular weight is 279 g/mol. The molecule has 0 aliphatic carbocycles. The third-order valence-electron chi connectivity index (χ3n) is 2.55. The largest absolute Gasteiger partial charge is 0.366 e. The van der Waals surface area contributed by atoms with Gasteiger partial charge in [-0.3, -0.25) is 4.79 Å². The highest BCUT2D eigenvalue weighted by Gasteiger charge is 2.18. The Morgan fingerprint density at radius 2 is 1.63 bits per heavy atom. The molecule has 0 saturated heterocycles. The van der Waals surface area contributed by atoms with Crippen LogP contribution < -0.4 is 5.73 Å². The van der Waals surface area contributed by atoms with Gasteiger partial charge in [0.15, 0.2) is 0 Å². The minimum Gasteiger partial charge on any atom is -0.366 e. The van der Waals surface area contributed by atoms with Crippen molar-refractivity contribution in [3.63, 3.8) is 0 Å². The van der Waals surface area contributed by atoms with Crippen molar-refractivity contribution < 1.29 is 17.6 Å². The van der Waals surface area contributed by atoms with Crippen LogP contribution in [0.25, 0.3) is 0 Å². The zero-order valence-corrected chi connectivity index (χ0v) is 10.5. The molecule has 19 heavy (non-hydrogen) atoms. The van der Waals surface area contributed by atoms with E-state index in [0.717, 1.165) is 12.1 Å². The molecule has 0 radical (unpaired) electrons. The maximum Gasteiger partial charge on any atom is 0.248 e. The van der Waals surface area contributed by atoms with Crippen molar-refractivity contribution in [1.29, 1.82) is 0 Å². The van der Waals surface area contributed by atoms with E-state index < -0.39 is 21.6 Å². The Kier molecular flexibility index (Phi) is 3.35. The van der Waals surface area contributed by atoms with Gasteiger partial charge in [0.1, 0.15) is 5.82 Å². The molecule has 0 spiro atoms. The SMILES string of the molecule is NC(=O)c1cccc(S(=O)(=O)c2ccc(F)cc2)c1. The Morgan fingerprint density at radius 3 is 2.21 bits per heavy atom. The van der Waals surface area contributed by atoms with Gasteiger partial charge in [-0.05, 0) is 42.5 Å². The van der Waals surface area contributed by atoms with E-state index in [9.17, 15) is 17.6 Å². The van der Waals surface area contributed by atoms with Gasteiger partial charge in [0, 0.05) is 5.56 Å². The van der Waals surface area contributed by atoms with Crippen molar-refractivity contribution in [2.75, 3.05) is 0 Å². The molecule has 0 fully saturated rings. The quantitative estimate of drug-likeness (QED) is 0.870. The van der Waals surface area contributed by atoms with E-state index in [1.165, 1.54) is 36.4 Å². The summed E-state index contributed by atoms with van der Waals surface area (Å²) in [6, 6.07) is 9.85. The lowest BCUT2D eigenvalue weighted by atomic mass is 10.2. The van der Waals surface area contributed by atoms with Crippen LogP contribution in [0.1, 0.15) is 10.4 Å². The highest BCUT2D eigenvalue weighted by molar-refractivity contribution is 7.91. The van der Waals surface area contributed by atoms with E-state index in [2.05, 4.69) is 0 Å². The number of amides is 1. The van der Waals surface area contributed by atoms with Gasteiger partial charge < -0.3 is 5.73 Å². The highest BCUT2D eigenvalue weighted by atomic mass is 32.2. The minimum atomic E-state index is -3.79. The van der Waals surface area contributed by atoms with Crippen molar-refractivity contribution in [3.05, 3.63) is 59.9 Å². The standard InChI is InChI=1S/C13H10FNO3S/c14-10-4-6-11(7-5-10)19(17,18)12-3-1-2-9(8-12)13(15)16/h1-8H,(H2,15,16). The fourth-order valence-electron chi connectivity index (χ4n) is 1.57. The van der Waals surface area contributed by atoms with Crippen LogP contribution in [-0.4, -0.2) is 14.3 Å². The molecular weight excluding hydrogens is 269 g/mol. The van der Waals surface area contributed by atoms with Crippen LogP contribution in [-0.2, 0) is 9.84 Å². The van der Waals surface area contributed by atoms with Crippen LogP contribution in [0.3, 0.4) is 0 Å². The van der Waals surface area contributed by atoms with E-state index in [1.807, 2.05) is 0 Å². The Hall–Kier alpha value is -2.21. The summed E-state index contributed by atoms with van der Waals surface area (Å²) < 4.78 is 37.3. The summed E-state index contributed by atoms with van der Waals surface area (Å²) in [4.78, 5) is 10.9. The number of halogens is 1. The normalized spacial score (nSPS) is 11.2. The summed E-state index contributed by atoms with van der Waals surface area (Å²) >= 11 is 0. The molecule has 0 bridgehead atoms. The predicted molar refractivity (Wildman–Crippen MR) is 66.8 cm³/mol. The molecule has 0 heterocycles. The number of rotatable bonds is 3. The van der Waals surface area contributed by atoms with Crippen molar-refractivity contribution in [3.8, 4) is 0 Å². The van der Waals surface area contributed by atoms with Crippen molar-refractivity contribution >= 4 is 15.7 Å². The Balaban J connectivity index is 2.53. The molecule has 0 aliphatic heterocycles. The van der Waals surface area contributed by atoms with Gasteiger partial charge in [0.2, 0.25) is 15.7 Å². The molecular formula is C13H10FNO3S. The molecule has 1 amide bonds. The lowest BCUT2D eigenvalue weighted by molar-refractivity contribution is 0.1000. The first-order valence-electron chi connectivity index (χ1n) is 5.32. The van der Waals surface area contributed by atoms with E-state index >= 15 is 0 Å². The molecule has 4 nitrogen and oxygen atoms in total. The second kappa shape index (κ2) is 4.81. The molecule has 0 aliphatic rings. The average Bonchev–Trinajstić information content (AvgIpc) is 2.39. The van der Waals surface area contributed by atoms with Gasteiger partial charge >= 0.3 is 0 Å². The number of hydrogen-bond donors (Lipinski definition) is 1. The van der Waals surface area contributed by atoms with Gasteiger partial charge in [-0.15, -0.1) is 0 Å². The Bertz CT molecular complexity index is 724. The Labute approximate surface area is 109 Å². The molecule has 0 saturated carbocycles. The summed E-state index contributed by atoms with van der Waals surface area (Å²) in [5.41, 5.74) is 5.20. The fraction of sp³-hybridized carbons (Fsp3) is 0. The van der Waals surface area contributed by atoms with Crippen LogP contribution in [0.4, 0.5) is 4.39 Å². The van der Waals surface area contributed by atoms with Crippen molar-refractivity contribution in [2.45, 2.75) is 9.79 Å². The number of sulfone groups is 1. The number of primary amides is 1. The monoisotopic (exact) mass is 279 g/mol. The number of carbonyl (C=O) groups is 1. The first kappa shape index (κ1) is 13.2. The maximum atomic E-state index is 12.8. The van der Waals surface area contributed by atoms with E-state index in [0.29, 0.717) is 0 Å². The molecule has 98 valence electrons. The van der Waals surface area contributed by atoms with E-state index in [1.54, 1.807) is 0 Å². The topological polar surface area (TPSA) is 77.2 Å². The second-order valence-corrected chi connectivity index (χ2v) is 5.80. The lowest BCUT2D eigenvalue weighted by Crippen LogP contribution is -2.12. The molecule has 2 rings (SSSR count). The molecule has 2 N–H and O–H groups in total. The molecule has 6 heteroatoms. The maximum absolute atomic E-state index is 12.8. The molecule has 0 unspecified atom stereocenters. The number of benzene rings is 2. The van der Waals surface area contributed by atoms with E-state index in [-0.39, 0.29) is 15.4 Å². The number of carbonyl (C=O) groups excluding carboxylic acids is 1. The summed E-state index contributed by atoms with van der Waals surface area (Å²) in [6.45, 7) is 0. The predicted octanol–water partition coefficient (Wildman–Crippen LogP) is 1.76. The molecule has 2 aromatic carbocycles. The summed E-state index contributed by atoms with van der Waals surface area (Å²) in [6.07, 6.45) is 0. The van der Waals surface area contributed by atoms with Crippen LogP contribution in [0.2, 0.25) is 0 Å². The second-order valence-electron chi connectivity index (χ2n) is 3.85. The van der Waals surface area contributed by atoms with Crippen LogP contribution in [0.5, 0.6) is 0 Å². The lowest BCUT2D eigenvalue weighted by Gasteiger charge is -2.05. The summed E-state index contributed by atoms with van der Waals surface area (Å²) in [5, 5.41) is 0. The Morgan fingerprint density at radius 1 is 1.00 bits per heavy atom. The van der Waals surface area contributed by atoms with Gasteiger partial charge in [0.05, 0.1) is 9.79 Å². The van der Waals surface area contributed by atoms with Crippen molar-refractivity contribution in [1.82, 2.24) is 0 Å². The third-order valence-corrected chi connectivity index (χ3v) is 4.32. The zero-order valence-electron chi connectivity index (χ0n) is 9.71. The van der Waals surface area contributed by atoms with E-state index in [4.69, 9.17) is 5.73 Å². The first-order valence-corrected chi connectivity index (χ1v) is 6.80. The fourth-order valence-corrected chi connectivity index (χ4v) is 2.87.